The highest BCUT2D eigenvalue weighted by molar-refractivity contribution is 9.10. The van der Waals surface area contributed by atoms with Gasteiger partial charge in [0.15, 0.2) is 0 Å². The van der Waals surface area contributed by atoms with Gasteiger partial charge in [0.2, 0.25) is 0 Å². The van der Waals surface area contributed by atoms with Gasteiger partial charge in [-0.05, 0) is 55.5 Å². The van der Waals surface area contributed by atoms with E-state index in [1.807, 2.05) is 18.2 Å². The van der Waals surface area contributed by atoms with Crippen molar-refractivity contribution in [1.82, 2.24) is 4.98 Å². The number of nitriles is 1. The molecule has 0 saturated carbocycles. The summed E-state index contributed by atoms with van der Waals surface area (Å²) in [6, 6.07) is 12.5. The van der Waals surface area contributed by atoms with E-state index in [0.29, 0.717) is 11.4 Å². The summed E-state index contributed by atoms with van der Waals surface area (Å²) in [5.74, 6) is 0.702. The van der Waals surface area contributed by atoms with Crippen LogP contribution in [0.3, 0.4) is 0 Å². The molecule has 3 rings (SSSR count). The number of aryl methyl sites for hydroxylation is 2. The third-order valence-electron chi connectivity index (χ3n) is 3.89. The quantitative estimate of drug-likeness (QED) is 0.901. The van der Waals surface area contributed by atoms with E-state index in [9.17, 15) is 5.26 Å². The Hall–Kier alpha value is -1.86. The van der Waals surface area contributed by atoms with Gasteiger partial charge in [-0.15, -0.1) is 0 Å². The van der Waals surface area contributed by atoms with Crippen LogP contribution in [-0.4, -0.2) is 4.98 Å². The zero-order chi connectivity index (χ0) is 14.8. The van der Waals surface area contributed by atoms with Crippen LogP contribution in [0.5, 0.6) is 0 Å². The van der Waals surface area contributed by atoms with Gasteiger partial charge in [0, 0.05) is 16.2 Å². The Balaban J connectivity index is 1.87. The third-order valence-corrected chi connectivity index (χ3v) is 4.42. The van der Waals surface area contributed by atoms with E-state index in [-0.39, 0.29) is 6.04 Å². The number of hydrogen-bond acceptors (Lipinski definition) is 3. The van der Waals surface area contributed by atoms with Crippen molar-refractivity contribution in [2.24, 2.45) is 0 Å². The van der Waals surface area contributed by atoms with Crippen molar-refractivity contribution in [3.8, 4) is 6.07 Å². The summed E-state index contributed by atoms with van der Waals surface area (Å²) in [7, 11) is 0. The van der Waals surface area contributed by atoms with Crippen LogP contribution in [0.25, 0.3) is 0 Å². The first-order chi connectivity index (χ1) is 10.2. The molecule has 0 amide bonds. The fourth-order valence-corrected chi connectivity index (χ4v) is 2.97. The normalized spacial score (nSPS) is 14.3. The van der Waals surface area contributed by atoms with Crippen molar-refractivity contribution in [2.75, 3.05) is 5.32 Å². The molecule has 1 N–H and O–H groups in total. The molecule has 21 heavy (non-hydrogen) atoms. The monoisotopic (exact) mass is 341 g/mol. The number of aromatic nitrogens is 1. The SMILES string of the molecule is CC(Nc1nc2c(cc1C#N)CCC2)c1ccc(Br)cc1. The molecule has 0 bridgehead atoms. The van der Waals surface area contributed by atoms with E-state index in [0.717, 1.165) is 29.4 Å². The van der Waals surface area contributed by atoms with E-state index in [1.54, 1.807) is 0 Å². The highest BCUT2D eigenvalue weighted by Crippen LogP contribution is 2.27. The smallest absolute Gasteiger partial charge is 0.144 e. The summed E-state index contributed by atoms with van der Waals surface area (Å²) in [6.07, 6.45) is 3.20. The molecule has 0 spiro atoms. The van der Waals surface area contributed by atoms with Crippen molar-refractivity contribution >= 4 is 21.7 Å². The van der Waals surface area contributed by atoms with Gasteiger partial charge in [0.05, 0.1) is 5.56 Å². The zero-order valence-corrected chi connectivity index (χ0v) is 13.4. The molecule has 2 aromatic rings. The Kier molecular flexibility index (Phi) is 3.94. The molecule has 3 nitrogen and oxygen atoms in total. The number of nitrogens with one attached hydrogen (secondary N) is 1. The molecular weight excluding hydrogens is 326 g/mol. The summed E-state index contributed by atoms with van der Waals surface area (Å²) >= 11 is 3.44. The van der Waals surface area contributed by atoms with E-state index < -0.39 is 0 Å². The number of nitrogens with zero attached hydrogens (tertiary/aromatic N) is 2. The van der Waals surface area contributed by atoms with Crippen molar-refractivity contribution in [2.45, 2.75) is 32.2 Å². The van der Waals surface area contributed by atoms with Crippen molar-refractivity contribution in [3.63, 3.8) is 0 Å². The number of fused-ring (bicyclic) bond motifs is 1. The third kappa shape index (κ3) is 2.93. The lowest BCUT2D eigenvalue weighted by Crippen LogP contribution is -2.10. The second-order valence-electron chi connectivity index (χ2n) is 5.37. The minimum atomic E-state index is 0.108. The van der Waals surface area contributed by atoms with Crippen LogP contribution in [-0.2, 0) is 12.8 Å². The second kappa shape index (κ2) is 5.87. The molecule has 1 unspecified atom stereocenters. The van der Waals surface area contributed by atoms with E-state index in [1.165, 1.54) is 11.1 Å². The maximum absolute atomic E-state index is 9.33. The average molecular weight is 342 g/mol. The van der Waals surface area contributed by atoms with Gasteiger partial charge in [0.25, 0.3) is 0 Å². The van der Waals surface area contributed by atoms with Crippen LogP contribution < -0.4 is 5.32 Å². The zero-order valence-electron chi connectivity index (χ0n) is 11.9. The van der Waals surface area contributed by atoms with Gasteiger partial charge < -0.3 is 5.32 Å². The fourth-order valence-electron chi connectivity index (χ4n) is 2.71. The van der Waals surface area contributed by atoms with E-state index >= 15 is 0 Å². The summed E-state index contributed by atoms with van der Waals surface area (Å²) < 4.78 is 1.06. The minimum Gasteiger partial charge on any atom is -0.362 e. The van der Waals surface area contributed by atoms with Crippen LogP contribution >= 0.6 is 15.9 Å². The molecule has 1 aromatic heterocycles. The highest BCUT2D eigenvalue weighted by atomic mass is 79.9. The van der Waals surface area contributed by atoms with Gasteiger partial charge in [-0.2, -0.15) is 5.26 Å². The lowest BCUT2D eigenvalue weighted by Gasteiger charge is -2.17. The summed E-state index contributed by atoms with van der Waals surface area (Å²) in [6.45, 7) is 2.08. The van der Waals surface area contributed by atoms with Crippen molar-refractivity contribution in [1.29, 1.82) is 5.26 Å². The molecule has 4 heteroatoms. The lowest BCUT2D eigenvalue weighted by atomic mass is 10.1. The number of benzene rings is 1. The topological polar surface area (TPSA) is 48.7 Å². The first-order valence-corrected chi connectivity index (χ1v) is 7.91. The molecular formula is C17H16BrN3. The van der Waals surface area contributed by atoms with Gasteiger partial charge >= 0.3 is 0 Å². The van der Waals surface area contributed by atoms with Crippen LogP contribution in [0.15, 0.2) is 34.8 Å². The van der Waals surface area contributed by atoms with E-state index in [4.69, 9.17) is 0 Å². The van der Waals surface area contributed by atoms with Crippen molar-refractivity contribution in [3.05, 3.63) is 57.2 Å². The maximum Gasteiger partial charge on any atom is 0.144 e. The van der Waals surface area contributed by atoms with Crippen LogP contribution in [0.4, 0.5) is 5.82 Å². The number of anilines is 1. The second-order valence-corrected chi connectivity index (χ2v) is 6.29. The Morgan fingerprint density at radius 1 is 1.29 bits per heavy atom. The van der Waals surface area contributed by atoms with Gasteiger partial charge in [-0.25, -0.2) is 4.98 Å². The lowest BCUT2D eigenvalue weighted by molar-refractivity contribution is 0.864. The first kappa shape index (κ1) is 14.1. The summed E-state index contributed by atoms with van der Waals surface area (Å²) in [5.41, 5.74) is 4.18. The molecule has 1 atom stereocenters. The minimum absolute atomic E-state index is 0.108. The first-order valence-electron chi connectivity index (χ1n) is 7.12. The molecule has 1 heterocycles. The molecule has 1 aliphatic rings. The van der Waals surface area contributed by atoms with Crippen LogP contribution in [0, 0.1) is 11.3 Å². The number of hydrogen-bond donors (Lipinski definition) is 1. The largest absolute Gasteiger partial charge is 0.362 e. The Morgan fingerprint density at radius 3 is 2.76 bits per heavy atom. The standard InChI is InChI=1S/C17H16BrN3/c1-11(12-5-7-15(18)8-6-12)20-17-14(10-19)9-13-3-2-4-16(13)21-17/h5-9,11H,2-4H2,1H3,(H,20,21). The van der Waals surface area contributed by atoms with E-state index in [2.05, 4.69) is 51.4 Å². The average Bonchev–Trinajstić information content (AvgIpc) is 2.94. The molecule has 106 valence electrons. The molecule has 0 aliphatic heterocycles. The molecule has 0 radical (unpaired) electrons. The Labute approximate surface area is 133 Å². The summed E-state index contributed by atoms with van der Waals surface area (Å²) in [5, 5.41) is 12.7. The predicted molar refractivity (Wildman–Crippen MR) is 87.2 cm³/mol. The maximum atomic E-state index is 9.33. The molecule has 0 saturated heterocycles. The number of pyridine rings is 1. The number of halogens is 1. The van der Waals surface area contributed by atoms with Gasteiger partial charge in [0.1, 0.15) is 11.9 Å². The highest BCUT2D eigenvalue weighted by Gasteiger charge is 2.17. The Morgan fingerprint density at radius 2 is 2.05 bits per heavy atom. The molecule has 1 aliphatic carbocycles. The van der Waals surface area contributed by atoms with Crippen LogP contribution in [0.1, 0.15) is 41.8 Å². The van der Waals surface area contributed by atoms with Gasteiger partial charge in [-0.3, -0.25) is 0 Å². The van der Waals surface area contributed by atoms with Crippen molar-refractivity contribution < 1.29 is 0 Å². The summed E-state index contributed by atoms with van der Waals surface area (Å²) in [4.78, 5) is 4.66. The fraction of sp³-hybridized carbons (Fsp3) is 0.294. The molecule has 1 aromatic carbocycles. The predicted octanol–water partition coefficient (Wildman–Crippen LogP) is 4.38. The van der Waals surface area contributed by atoms with Gasteiger partial charge in [-0.1, -0.05) is 28.1 Å². The van der Waals surface area contributed by atoms with Crippen LogP contribution in [0.2, 0.25) is 0 Å². The number of rotatable bonds is 3. The molecule has 0 fully saturated rings. The Bertz CT molecular complexity index is 701.